The Kier molecular flexibility index (Phi) is 11.0. The summed E-state index contributed by atoms with van der Waals surface area (Å²) in [6.07, 6.45) is -3.55. The van der Waals surface area contributed by atoms with Gasteiger partial charge in [0, 0.05) is 27.7 Å². The zero-order valence-corrected chi connectivity index (χ0v) is 26.0. The second kappa shape index (κ2) is 14.9. The zero-order valence-electron chi connectivity index (χ0n) is 25.2. The molecule has 14 heteroatoms. The van der Waals surface area contributed by atoms with Gasteiger partial charge in [-0.3, -0.25) is 28.9 Å². The van der Waals surface area contributed by atoms with Crippen LogP contribution >= 0.6 is 11.8 Å². The van der Waals surface area contributed by atoms with Gasteiger partial charge in [0.05, 0.1) is 12.8 Å². The second-order valence-electron chi connectivity index (χ2n) is 9.86. The van der Waals surface area contributed by atoms with Crippen molar-refractivity contribution < 1.29 is 52.4 Å². The molecule has 0 spiro atoms. The molecule has 2 heterocycles. The number of hydrogen-bond acceptors (Lipinski definition) is 13. The van der Waals surface area contributed by atoms with Crippen LogP contribution in [-0.2, 0) is 47.7 Å². The van der Waals surface area contributed by atoms with Gasteiger partial charge in [0.15, 0.2) is 28.9 Å². The molecule has 1 saturated heterocycles. The molecular weight excluding hydrogens is 608 g/mol. The summed E-state index contributed by atoms with van der Waals surface area (Å²) in [4.78, 5) is 68.0. The third-order valence-electron chi connectivity index (χ3n) is 6.43. The highest BCUT2D eigenvalue weighted by molar-refractivity contribution is 8.14. The highest BCUT2D eigenvalue weighted by Crippen LogP contribution is 2.38. The maximum atomic E-state index is 13.8. The first kappa shape index (κ1) is 33.2. The summed E-state index contributed by atoms with van der Waals surface area (Å²) in [5.41, 5.74) is 0.118. The molecule has 2 aromatic carbocycles. The van der Waals surface area contributed by atoms with Crippen LogP contribution in [0.4, 0.5) is 5.69 Å². The third kappa shape index (κ3) is 8.48. The Morgan fingerprint density at radius 2 is 1.44 bits per heavy atom. The lowest BCUT2D eigenvalue weighted by Gasteiger charge is -2.44. The Hall–Kier alpha value is -4.69. The van der Waals surface area contributed by atoms with Crippen LogP contribution in [0.1, 0.15) is 33.3 Å². The van der Waals surface area contributed by atoms with E-state index < -0.39 is 59.6 Å². The highest BCUT2D eigenvalue weighted by Gasteiger charge is 2.53. The van der Waals surface area contributed by atoms with E-state index in [1.165, 1.54) is 11.8 Å². The number of benzene rings is 2. The van der Waals surface area contributed by atoms with Gasteiger partial charge in [-0.15, -0.1) is 0 Å². The van der Waals surface area contributed by atoms with Gasteiger partial charge in [-0.1, -0.05) is 42.1 Å². The first-order valence-corrected chi connectivity index (χ1v) is 14.7. The quantitative estimate of drug-likeness (QED) is 0.224. The van der Waals surface area contributed by atoms with Gasteiger partial charge in [-0.2, -0.15) is 0 Å². The average molecular weight is 641 g/mol. The van der Waals surface area contributed by atoms with Crippen molar-refractivity contribution in [1.82, 2.24) is 0 Å². The van der Waals surface area contributed by atoms with Crippen molar-refractivity contribution in [3.63, 3.8) is 0 Å². The lowest BCUT2D eigenvalue weighted by Crippen LogP contribution is -2.61. The second-order valence-corrected chi connectivity index (χ2v) is 10.9. The molecule has 2 aliphatic rings. The molecule has 0 saturated carbocycles. The molecule has 13 nitrogen and oxygen atoms in total. The Morgan fingerprint density at radius 3 is 2.02 bits per heavy atom. The molecule has 1 amide bonds. The number of anilines is 1. The van der Waals surface area contributed by atoms with Gasteiger partial charge in [0.25, 0.3) is 5.91 Å². The standard InChI is InChI=1S/C31H32N2O11S/c1-17(34)40-16-25-26(41-18(2)35)27(42-19(3)36)28(43-20(4)37)30(44-25)45-31-32-24(15-21-11-13-23(39-5)14-12-21)29(38)33(31)22-9-7-6-8-10-22/h6-15,25-28,30H,16H2,1-5H3/b24-15+. The number of hydrogen-bond donors (Lipinski definition) is 0. The number of para-hydroxylation sites is 1. The maximum absolute atomic E-state index is 13.8. The number of carbonyl (C=O) groups is 5. The third-order valence-corrected chi connectivity index (χ3v) is 7.53. The molecule has 4 rings (SSSR count). The van der Waals surface area contributed by atoms with Crippen molar-refractivity contribution >= 4 is 58.5 Å². The number of thioether (sulfide) groups is 1. The molecule has 5 unspecified atom stereocenters. The first-order chi connectivity index (χ1) is 21.5. The number of rotatable bonds is 9. The highest BCUT2D eigenvalue weighted by atomic mass is 32.2. The average Bonchev–Trinajstić information content (AvgIpc) is 3.29. The van der Waals surface area contributed by atoms with E-state index in [2.05, 4.69) is 4.99 Å². The molecule has 2 aliphatic heterocycles. The number of carbonyl (C=O) groups excluding carboxylic acids is 5. The normalized spacial score (nSPS) is 23.6. The van der Waals surface area contributed by atoms with E-state index >= 15 is 0 Å². The summed E-state index contributed by atoms with van der Waals surface area (Å²) in [5, 5.41) is 0.159. The zero-order chi connectivity index (χ0) is 32.7. The van der Waals surface area contributed by atoms with Crippen LogP contribution in [0.2, 0.25) is 0 Å². The van der Waals surface area contributed by atoms with Gasteiger partial charge in [-0.05, 0) is 35.9 Å². The summed E-state index contributed by atoms with van der Waals surface area (Å²) in [6.45, 7) is 4.24. The van der Waals surface area contributed by atoms with Crippen LogP contribution in [0.15, 0.2) is 65.3 Å². The fraction of sp³-hybridized carbons (Fsp3) is 0.355. The fourth-order valence-electron chi connectivity index (χ4n) is 4.63. The minimum Gasteiger partial charge on any atom is -0.497 e. The SMILES string of the molecule is COc1ccc(/C=C2/N=C(SC3OC(COC(C)=O)C(OC(C)=O)C(OC(C)=O)C3OC(C)=O)N(c3ccccc3)C2=O)cc1. The van der Waals surface area contributed by atoms with E-state index in [-0.39, 0.29) is 17.5 Å². The minimum absolute atomic E-state index is 0.108. The van der Waals surface area contributed by atoms with Crippen molar-refractivity contribution in [3.8, 4) is 5.75 Å². The Bertz CT molecular complexity index is 1490. The lowest BCUT2D eigenvalue weighted by atomic mass is 9.99. The van der Waals surface area contributed by atoms with E-state index in [4.69, 9.17) is 28.4 Å². The van der Waals surface area contributed by atoms with Crippen molar-refractivity contribution in [2.24, 2.45) is 4.99 Å². The number of aliphatic imine (C=N–C) groups is 1. The number of esters is 4. The Labute approximate surface area is 263 Å². The van der Waals surface area contributed by atoms with Crippen LogP contribution in [0.5, 0.6) is 5.75 Å². The van der Waals surface area contributed by atoms with E-state index in [0.29, 0.717) is 17.0 Å². The molecule has 2 aromatic rings. The van der Waals surface area contributed by atoms with Crippen LogP contribution in [-0.4, -0.2) is 78.5 Å². The van der Waals surface area contributed by atoms with Gasteiger partial charge in [0.2, 0.25) is 0 Å². The molecule has 0 N–H and O–H groups in total. The predicted octanol–water partition coefficient (Wildman–Crippen LogP) is 3.26. The van der Waals surface area contributed by atoms with E-state index in [1.54, 1.807) is 67.8 Å². The number of methoxy groups -OCH3 is 1. The van der Waals surface area contributed by atoms with E-state index in [9.17, 15) is 24.0 Å². The van der Waals surface area contributed by atoms with Gasteiger partial charge in [-0.25, -0.2) is 4.99 Å². The number of amidine groups is 1. The monoisotopic (exact) mass is 640 g/mol. The predicted molar refractivity (Wildman–Crippen MR) is 162 cm³/mol. The number of nitrogens with zero attached hydrogens (tertiary/aromatic N) is 2. The van der Waals surface area contributed by atoms with Crippen molar-refractivity contribution in [2.75, 3.05) is 18.6 Å². The Balaban J connectivity index is 1.77. The Morgan fingerprint density at radius 1 is 0.844 bits per heavy atom. The summed E-state index contributed by atoms with van der Waals surface area (Å²) >= 11 is 0.918. The molecule has 5 atom stereocenters. The van der Waals surface area contributed by atoms with Gasteiger partial charge < -0.3 is 28.4 Å². The lowest BCUT2D eigenvalue weighted by molar-refractivity contribution is -0.237. The van der Waals surface area contributed by atoms with Gasteiger partial charge in [0.1, 0.15) is 24.2 Å². The number of amides is 1. The molecular formula is C31H32N2O11S. The van der Waals surface area contributed by atoms with Crippen LogP contribution < -0.4 is 9.64 Å². The molecule has 0 aliphatic carbocycles. The van der Waals surface area contributed by atoms with Crippen LogP contribution in [0, 0.1) is 0 Å². The van der Waals surface area contributed by atoms with Crippen molar-refractivity contribution in [3.05, 3.63) is 65.9 Å². The molecule has 0 radical (unpaired) electrons. The smallest absolute Gasteiger partial charge is 0.303 e. The van der Waals surface area contributed by atoms with E-state index in [1.807, 2.05) is 0 Å². The summed E-state index contributed by atoms with van der Waals surface area (Å²) in [5.74, 6) is -2.67. The first-order valence-electron chi connectivity index (χ1n) is 13.8. The largest absolute Gasteiger partial charge is 0.497 e. The molecule has 0 aromatic heterocycles. The molecule has 0 bridgehead atoms. The van der Waals surface area contributed by atoms with E-state index in [0.717, 1.165) is 32.5 Å². The number of ether oxygens (including phenoxy) is 6. The van der Waals surface area contributed by atoms with Crippen molar-refractivity contribution in [2.45, 2.75) is 57.5 Å². The molecule has 1 fully saturated rings. The van der Waals surface area contributed by atoms with Gasteiger partial charge >= 0.3 is 23.9 Å². The maximum Gasteiger partial charge on any atom is 0.303 e. The fourth-order valence-corrected chi connectivity index (χ4v) is 5.82. The summed E-state index contributed by atoms with van der Waals surface area (Å²) in [7, 11) is 1.55. The van der Waals surface area contributed by atoms with Crippen LogP contribution in [0.3, 0.4) is 0 Å². The molecule has 45 heavy (non-hydrogen) atoms. The minimum atomic E-state index is -1.36. The van der Waals surface area contributed by atoms with Crippen LogP contribution in [0.25, 0.3) is 6.08 Å². The summed E-state index contributed by atoms with van der Waals surface area (Å²) in [6, 6.07) is 15.8. The van der Waals surface area contributed by atoms with Crippen molar-refractivity contribution in [1.29, 1.82) is 0 Å². The molecule has 238 valence electrons. The topological polar surface area (TPSA) is 156 Å². The summed E-state index contributed by atoms with van der Waals surface area (Å²) < 4.78 is 33.2.